The highest BCUT2D eigenvalue weighted by Crippen LogP contribution is 2.56. The minimum atomic E-state index is 0.473. The molecule has 0 aromatic heterocycles. The molecular weight excluding hydrogens is 400 g/mol. The van der Waals surface area contributed by atoms with Crippen molar-refractivity contribution in [2.45, 2.75) is 96.0 Å². The molecule has 6 heteroatoms. The second-order valence-corrected chi connectivity index (χ2v) is 13.4. The van der Waals surface area contributed by atoms with Gasteiger partial charge in [0, 0.05) is 21.0 Å². The molecule has 1 rings (SSSR count). The van der Waals surface area contributed by atoms with Crippen LogP contribution in [0.5, 0.6) is 11.5 Å². The van der Waals surface area contributed by atoms with Crippen molar-refractivity contribution in [2.24, 2.45) is 0 Å². The van der Waals surface area contributed by atoms with Crippen molar-refractivity contribution in [2.75, 3.05) is 14.2 Å². The van der Waals surface area contributed by atoms with E-state index in [2.05, 4.69) is 55.4 Å². The summed E-state index contributed by atoms with van der Waals surface area (Å²) in [5.74, 6) is 2.02. The van der Waals surface area contributed by atoms with Gasteiger partial charge in [-0.25, -0.2) is 0 Å². The Kier molecular flexibility index (Phi) is 10.5. The summed E-state index contributed by atoms with van der Waals surface area (Å²) < 4.78 is 12.0. The summed E-state index contributed by atoms with van der Waals surface area (Å²) >= 11 is 7.47. The van der Waals surface area contributed by atoms with E-state index in [-0.39, 0.29) is 0 Å². The van der Waals surface area contributed by atoms with Gasteiger partial charge in [0.1, 0.15) is 11.5 Å². The number of hydrogen-bond donors (Lipinski definition) is 0. The lowest BCUT2D eigenvalue weighted by molar-refractivity contribution is 0.363. The normalized spacial score (nSPS) is 11.9. The monoisotopic (exact) mass is 434 g/mol. The van der Waals surface area contributed by atoms with E-state index < -0.39 is 0 Å². The molecule has 1 aromatic rings. The van der Waals surface area contributed by atoms with Crippen molar-refractivity contribution in [1.82, 2.24) is 0 Å². The quantitative estimate of drug-likeness (QED) is 0.349. The van der Waals surface area contributed by atoms with Crippen LogP contribution in [-0.2, 0) is 0 Å². The Balaban J connectivity index is 3.85. The molecular formula is C20H34O2S4. The van der Waals surface area contributed by atoms with Gasteiger partial charge < -0.3 is 9.47 Å². The van der Waals surface area contributed by atoms with Crippen molar-refractivity contribution in [1.29, 1.82) is 0 Å². The Hall–Kier alpha value is 0.220. The fourth-order valence-electron chi connectivity index (χ4n) is 2.36. The van der Waals surface area contributed by atoms with Crippen molar-refractivity contribution in [3.63, 3.8) is 0 Å². The largest absolute Gasteiger partial charge is 0.494 e. The van der Waals surface area contributed by atoms with Gasteiger partial charge >= 0.3 is 0 Å². The zero-order chi connectivity index (χ0) is 20.0. The molecule has 0 spiro atoms. The molecule has 0 saturated carbocycles. The number of methoxy groups -OCH3 is 2. The topological polar surface area (TPSA) is 18.5 Å². The van der Waals surface area contributed by atoms with Gasteiger partial charge in [-0.1, -0.05) is 55.4 Å². The first-order valence-electron chi connectivity index (χ1n) is 9.10. The Morgan fingerprint density at radius 3 is 0.769 bits per heavy atom. The molecule has 0 amide bonds. The predicted octanol–water partition coefficient (Wildman–Crippen LogP) is 7.71. The van der Waals surface area contributed by atoms with E-state index in [1.807, 2.05) is 47.0 Å². The zero-order valence-corrected chi connectivity index (χ0v) is 21.0. The van der Waals surface area contributed by atoms with Crippen LogP contribution >= 0.6 is 47.0 Å². The Labute approximate surface area is 177 Å². The predicted molar refractivity (Wildman–Crippen MR) is 124 cm³/mol. The molecule has 0 unspecified atom stereocenters. The Bertz CT molecular complexity index is 488. The molecule has 0 N–H and O–H groups in total. The molecule has 0 bridgehead atoms. The van der Waals surface area contributed by atoms with Crippen LogP contribution in [0.4, 0.5) is 0 Å². The maximum atomic E-state index is 6.00. The van der Waals surface area contributed by atoms with E-state index in [0.717, 1.165) is 11.5 Å². The van der Waals surface area contributed by atoms with Gasteiger partial charge in [0.2, 0.25) is 0 Å². The van der Waals surface area contributed by atoms with Crippen molar-refractivity contribution < 1.29 is 9.47 Å². The van der Waals surface area contributed by atoms with Crippen LogP contribution in [-0.4, -0.2) is 35.2 Å². The molecule has 0 aliphatic heterocycles. The van der Waals surface area contributed by atoms with E-state index in [4.69, 9.17) is 9.47 Å². The third kappa shape index (κ3) is 6.68. The Morgan fingerprint density at radius 1 is 0.462 bits per heavy atom. The molecule has 0 heterocycles. The summed E-state index contributed by atoms with van der Waals surface area (Å²) in [5.41, 5.74) is 0. The summed E-state index contributed by atoms with van der Waals surface area (Å²) in [6.07, 6.45) is 0. The second kappa shape index (κ2) is 11.3. The standard InChI is InChI=1S/C20H34O2S4/c1-11(2)23-17-15(21-9)19(25-13(5)6)20(26-14(7)8)16(22-10)18(17)24-12(3)4/h11-14H,1-10H3. The van der Waals surface area contributed by atoms with Crippen LogP contribution in [0.2, 0.25) is 0 Å². The molecule has 26 heavy (non-hydrogen) atoms. The van der Waals surface area contributed by atoms with Crippen LogP contribution in [0, 0.1) is 0 Å². The third-order valence-corrected chi connectivity index (χ3v) is 7.70. The van der Waals surface area contributed by atoms with Gasteiger partial charge in [-0.3, -0.25) is 0 Å². The lowest BCUT2D eigenvalue weighted by atomic mass is 10.3. The SMILES string of the molecule is COc1c(SC(C)C)c(SC(C)C)c(OC)c(SC(C)C)c1SC(C)C. The van der Waals surface area contributed by atoms with Crippen LogP contribution in [0.1, 0.15) is 55.4 Å². The van der Waals surface area contributed by atoms with Crippen LogP contribution in [0.15, 0.2) is 19.6 Å². The first kappa shape index (κ1) is 24.3. The molecule has 2 nitrogen and oxygen atoms in total. The van der Waals surface area contributed by atoms with Crippen molar-refractivity contribution in [3.05, 3.63) is 0 Å². The van der Waals surface area contributed by atoms with Gasteiger partial charge in [-0.15, -0.1) is 47.0 Å². The lowest BCUT2D eigenvalue weighted by Crippen LogP contribution is -2.04. The average molecular weight is 435 g/mol. The molecule has 0 aliphatic rings. The van der Waals surface area contributed by atoms with Gasteiger partial charge in [-0.05, 0) is 0 Å². The van der Waals surface area contributed by atoms with E-state index in [1.54, 1.807) is 14.2 Å². The lowest BCUT2D eigenvalue weighted by Gasteiger charge is -2.26. The molecule has 0 radical (unpaired) electrons. The number of rotatable bonds is 10. The van der Waals surface area contributed by atoms with E-state index in [9.17, 15) is 0 Å². The fraction of sp³-hybridized carbons (Fsp3) is 0.700. The molecule has 1 aromatic carbocycles. The maximum absolute atomic E-state index is 6.00. The maximum Gasteiger partial charge on any atom is 0.148 e. The van der Waals surface area contributed by atoms with Gasteiger partial charge in [0.05, 0.1) is 33.8 Å². The zero-order valence-electron chi connectivity index (χ0n) is 17.8. The summed E-state index contributed by atoms with van der Waals surface area (Å²) in [6, 6.07) is 0. The van der Waals surface area contributed by atoms with E-state index >= 15 is 0 Å². The second-order valence-electron chi connectivity index (χ2n) is 7.05. The van der Waals surface area contributed by atoms with Crippen LogP contribution in [0.3, 0.4) is 0 Å². The van der Waals surface area contributed by atoms with Crippen LogP contribution < -0.4 is 9.47 Å². The summed E-state index contributed by atoms with van der Waals surface area (Å²) in [5, 5.41) is 1.89. The summed E-state index contributed by atoms with van der Waals surface area (Å²) in [6.45, 7) is 17.8. The van der Waals surface area contributed by atoms with Crippen molar-refractivity contribution >= 4 is 47.0 Å². The number of thioether (sulfide) groups is 4. The highest BCUT2D eigenvalue weighted by atomic mass is 32.2. The molecule has 150 valence electrons. The summed E-state index contributed by atoms with van der Waals surface area (Å²) in [7, 11) is 3.59. The minimum Gasteiger partial charge on any atom is -0.494 e. The summed E-state index contributed by atoms with van der Waals surface area (Å²) in [4.78, 5) is 4.87. The molecule has 0 fully saturated rings. The highest BCUT2D eigenvalue weighted by Gasteiger charge is 2.29. The van der Waals surface area contributed by atoms with Gasteiger partial charge in [0.15, 0.2) is 0 Å². The molecule has 0 saturated heterocycles. The van der Waals surface area contributed by atoms with E-state index in [0.29, 0.717) is 21.0 Å². The number of benzene rings is 1. The first-order chi connectivity index (χ1) is 12.1. The fourth-order valence-corrected chi connectivity index (χ4v) is 6.92. The third-order valence-electron chi connectivity index (χ3n) is 3.06. The smallest absolute Gasteiger partial charge is 0.148 e. The van der Waals surface area contributed by atoms with Gasteiger partial charge in [-0.2, -0.15) is 0 Å². The van der Waals surface area contributed by atoms with Crippen molar-refractivity contribution in [3.8, 4) is 11.5 Å². The van der Waals surface area contributed by atoms with Crippen LogP contribution in [0.25, 0.3) is 0 Å². The minimum absolute atomic E-state index is 0.473. The van der Waals surface area contributed by atoms with E-state index in [1.165, 1.54) is 19.6 Å². The number of ether oxygens (including phenoxy) is 2. The molecule has 0 aliphatic carbocycles. The Morgan fingerprint density at radius 2 is 0.654 bits per heavy atom. The average Bonchev–Trinajstić information content (AvgIpc) is 2.49. The molecule has 0 atom stereocenters. The highest BCUT2D eigenvalue weighted by molar-refractivity contribution is 8.04. The first-order valence-corrected chi connectivity index (χ1v) is 12.6. The van der Waals surface area contributed by atoms with Gasteiger partial charge in [0.25, 0.3) is 0 Å². The number of hydrogen-bond acceptors (Lipinski definition) is 6.